The minimum atomic E-state index is 0. The van der Waals surface area contributed by atoms with Crippen molar-refractivity contribution in [3.8, 4) is 11.5 Å². The summed E-state index contributed by atoms with van der Waals surface area (Å²) in [5, 5.41) is 13.0. The second-order valence-electron chi connectivity index (χ2n) is 3.91. The first-order valence-corrected chi connectivity index (χ1v) is 5.85. The van der Waals surface area contributed by atoms with Gasteiger partial charge >= 0.3 is 0 Å². The molecule has 0 saturated heterocycles. The molecular weight excluding hydrogens is 238 g/mol. The Bertz CT molecular complexity index is 331. The molecule has 2 N–H and O–H groups in total. The fourth-order valence-electron chi connectivity index (χ4n) is 1.39. The number of aromatic hydroxyl groups is 1. The lowest BCUT2D eigenvalue weighted by Crippen LogP contribution is -2.24. The summed E-state index contributed by atoms with van der Waals surface area (Å²) in [5.74, 6) is 1.13. The summed E-state index contributed by atoms with van der Waals surface area (Å²) in [6.07, 6.45) is 1.08. The molecule has 0 heterocycles. The first kappa shape index (κ1) is 16.1. The SMILES string of the molecule is CCOc1ccc(O)c(CNC(C)CC)c1.Cl. The van der Waals surface area contributed by atoms with Crippen LogP contribution in [0, 0.1) is 0 Å². The van der Waals surface area contributed by atoms with Gasteiger partial charge in [0.05, 0.1) is 6.61 Å². The van der Waals surface area contributed by atoms with Crippen LogP contribution in [-0.2, 0) is 6.54 Å². The molecule has 0 radical (unpaired) electrons. The molecule has 1 unspecified atom stereocenters. The van der Waals surface area contributed by atoms with Crippen LogP contribution in [0.1, 0.15) is 32.8 Å². The highest BCUT2D eigenvalue weighted by atomic mass is 35.5. The number of rotatable bonds is 6. The summed E-state index contributed by atoms with van der Waals surface area (Å²) in [4.78, 5) is 0. The molecule has 0 aliphatic rings. The van der Waals surface area contributed by atoms with E-state index in [0.717, 1.165) is 17.7 Å². The summed E-state index contributed by atoms with van der Waals surface area (Å²) >= 11 is 0. The van der Waals surface area contributed by atoms with Crippen molar-refractivity contribution in [3.05, 3.63) is 23.8 Å². The van der Waals surface area contributed by atoms with E-state index in [9.17, 15) is 5.11 Å². The standard InChI is InChI=1S/C13H21NO2.ClH/c1-4-10(3)14-9-11-8-12(16-5-2)6-7-13(11)15;/h6-8,10,14-15H,4-5,9H2,1-3H3;1H. The molecule has 0 aliphatic heterocycles. The Kier molecular flexibility index (Phi) is 7.75. The lowest BCUT2D eigenvalue weighted by atomic mass is 10.1. The molecule has 0 amide bonds. The number of ether oxygens (including phenoxy) is 1. The smallest absolute Gasteiger partial charge is 0.120 e. The predicted octanol–water partition coefficient (Wildman–Crippen LogP) is 3.10. The van der Waals surface area contributed by atoms with Gasteiger partial charge in [0.1, 0.15) is 11.5 Å². The molecule has 0 aromatic heterocycles. The summed E-state index contributed by atoms with van der Waals surface area (Å²) in [6, 6.07) is 5.80. The van der Waals surface area contributed by atoms with Crippen LogP contribution in [0.4, 0.5) is 0 Å². The number of hydrogen-bond acceptors (Lipinski definition) is 3. The van der Waals surface area contributed by atoms with Gasteiger partial charge in [-0.3, -0.25) is 0 Å². The zero-order valence-electron chi connectivity index (χ0n) is 10.7. The maximum atomic E-state index is 9.69. The highest BCUT2D eigenvalue weighted by Crippen LogP contribution is 2.23. The van der Waals surface area contributed by atoms with Crippen LogP contribution < -0.4 is 10.1 Å². The topological polar surface area (TPSA) is 41.5 Å². The van der Waals surface area contributed by atoms with Crippen molar-refractivity contribution >= 4 is 12.4 Å². The van der Waals surface area contributed by atoms with Gasteiger partial charge in [0.2, 0.25) is 0 Å². The van der Waals surface area contributed by atoms with Gasteiger partial charge in [-0.05, 0) is 38.5 Å². The highest BCUT2D eigenvalue weighted by Gasteiger charge is 2.05. The van der Waals surface area contributed by atoms with Crippen molar-refractivity contribution in [3.63, 3.8) is 0 Å². The molecule has 3 nitrogen and oxygen atoms in total. The van der Waals surface area contributed by atoms with Crippen molar-refractivity contribution in [2.75, 3.05) is 6.61 Å². The van der Waals surface area contributed by atoms with Crippen molar-refractivity contribution < 1.29 is 9.84 Å². The zero-order chi connectivity index (χ0) is 12.0. The van der Waals surface area contributed by atoms with Gasteiger partial charge < -0.3 is 15.2 Å². The van der Waals surface area contributed by atoms with Gasteiger partial charge in [0.15, 0.2) is 0 Å². The highest BCUT2D eigenvalue weighted by molar-refractivity contribution is 5.85. The second kappa shape index (κ2) is 8.20. The van der Waals surface area contributed by atoms with Crippen LogP contribution in [0.25, 0.3) is 0 Å². The summed E-state index contributed by atoms with van der Waals surface area (Å²) in [5.41, 5.74) is 0.881. The van der Waals surface area contributed by atoms with E-state index in [-0.39, 0.29) is 12.4 Å². The Morgan fingerprint density at radius 1 is 1.35 bits per heavy atom. The van der Waals surface area contributed by atoms with Crippen molar-refractivity contribution in [2.45, 2.75) is 39.8 Å². The molecule has 1 aromatic carbocycles. The van der Waals surface area contributed by atoms with Gasteiger partial charge in [-0.25, -0.2) is 0 Å². The number of phenols is 1. The minimum Gasteiger partial charge on any atom is -0.508 e. The molecule has 0 spiro atoms. The molecule has 4 heteroatoms. The van der Waals surface area contributed by atoms with Gasteiger partial charge in [0.25, 0.3) is 0 Å². The van der Waals surface area contributed by atoms with Gasteiger partial charge in [-0.2, -0.15) is 0 Å². The Hall–Kier alpha value is -0.930. The van der Waals surface area contributed by atoms with Crippen LogP contribution in [0.2, 0.25) is 0 Å². The van der Waals surface area contributed by atoms with E-state index in [0.29, 0.717) is 24.9 Å². The average molecular weight is 260 g/mol. The second-order valence-corrected chi connectivity index (χ2v) is 3.91. The van der Waals surface area contributed by atoms with E-state index in [1.807, 2.05) is 13.0 Å². The first-order chi connectivity index (χ1) is 7.67. The number of hydrogen-bond donors (Lipinski definition) is 2. The number of halogens is 1. The van der Waals surface area contributed by atoms with Crippen LogP contribution in [-0.4, -0.2) is 17.8 Å². The Morgan fingerprint density at radius 3 is 2.65 bits per heavy atom. The third-order valence-electron chi connectivity index (χ3n) is 2.62. The summed E-state index contributed by atoms with van der Waals surface area (Å²) in [6.45, 7) is 7.52. The van der Waals surface area contributed by atoms with Crippen LogP contribution in [0.3, 0.4) is 0 Å². The Balaban J connectivity index is 0.00000256. The molecule has 1 aromatic rings. The van der Waals surface area contributed by atoms with Gasteiger partial charge in [-0.1, -0.05) is 6.92 Å². The minimum absolute atomic E-state index is 0. The van der Waals surface area contributed by atoms with Gasteiger partial charge in [0, 0.05) is 18.2 Å². The van der Waals surface area contributed by atoms with E-state index in [1.165, 1.54) is 0 Å². The summed E-state index contributed by atoms with van der Waals surface area (Å²) in [7, 11) is 0. The van der Waals surface area contributed by atoms with Gasteiger partial charge in [-0.15, -0.1) is 12.4 Å². The molecule has 1 atom stereocenters. The monoisotopic (exact) mass is 259 g/mol. The van der Waals surface area contributed by atoms with Crippen LogP contribution >= 0.6 is 12.4 Å². The molecule has 0 saturated carbocycles. The van der Waals surface area contributed by atoms with E-state index in [1.54, 1.807) is 12.1 Å². The third kappa shape index (κ3) is 5.29. The number of phenolic OH excluding ortho intramolecular Hbond substituents is 1. The average Bonchev–Trinajstić information content (AvgIpc) is 2.29. The molecule has 1 rings (SSSR count). The molecule has 0 fully saturated rings. The van der Waals surface area contributed by atoms with E-state index < -0.39 is 0 Å². The number of benzene rings is 1. The third-order valence-corrected chi connectivity index (χ3v) is 2.62. The van der Waals surface area contributed by atoms with Crippen LogP contribution in [0.5, 0.6) is 11.5 Å². The molecule has 17 heavy (non-hydrogen) atoms. The first-order valence-electron chi connectivity index (χ1n) is 5.85. The quantitative estimate of drug-likeness (QED) is 0.825. The number of nitrogens with one attached hydrogen (secondary N) is 1. The van der Waals surface area contributed by atoms with E-state index in [2.05, 4.69) is 19.2 Å². The van der Waals surface area contributed by atoms with Crippen molar-refractivity contribution in [1.29, 1.82) is 0 Å². The molecule has 98 valence electrons. The van der Waals surface area contributed by atoms with E-state index >= 15 is 0 Å². The normalized spacial score (nSPS) is 11.7. The molecular formula is C13H22ClNO2. The molecule has 0 aliphatic carbocycles. The summed E-state index contributed by atoms with van der Waals surface area (Å²) < 4.78 is 5.40. The predicted molar refractivity (Wildman–Crippen MR) is 73.1 cm³/mol. The fraction of sp³-hybridized carbons (Fsp3) is 0.538. The van der Waals surface area contributed by atoms with Crippen molar-refractivity contribution in [2.24, 2.45) is 0 Å². The maximum Gasteiger partial charge on any atom is 0.120 e. The Morgan fingerprint density at radius 2 is 2.06 bits per heavy atom. The van der Waals surface area contributed by atoms with Crippen LogP contribution in [0.15, 0.2) is 18.2 Å². The maximum absolute atomic E-state index is 9.69. The zero-order valence-corrected chi connectivity index (χ0v) is 11.5. The van der Waals surface area contributed by atoms with Crippen molar-refractivity contribution in [1.82, 2.24) is 5.32 Å². The largest absolute Gasteiger partial charge is 0.508 e. The Labute approximate surface area is 110 Å². The fourth-order valence-corrected chi connectivity index (χ4v) is 1.39. The van der Waals surface area contributed by atoms with E-state index in [4.69, 9.17) is 4.74 Å². The lowest BCUT2D eigenvalue weighted by molar-refractivity contribution is 0.338. The molecule has 0 bridgehead atoms. The lowest BCUT2D eigenvalue weighted by Gasteiger charge is -2.13.